The average Bonchev–Trinajstić information content (AvgIpc) is 2.61. The highest BCUT2D eigenvalue weighted by atomic mass is 35.5. The first-order valence-corrected chi connectivity index (χ1v) is 7.97. The maximum absolute atomic E-state index is 11.7. The van der Waals surface area contributed by atoms with Crippen LogP contribution in [0.4, 0.5) is 0 Å². The minimum absolute atomic E-state index is 0.212. The molecule has 3 N–H and O–H groups in total. The number of nitrogens with one attached hydrogen (secondary N) is 2. The standard InChI is InChI=1S/C18H19ClN2O3/c19-15-8-6-13(7-9-15)12-21-18(24)17(23)20-11-10-16(22)14-4-2-1-3-5-14/h1-9,16,22H,10-12H2,(H,20,23)(H,21,24). The van der Waals surface area contributed by atoms with Crippen LogP contribution in [0.25, 0.3) is 0 Å². The summed E-state index contributed by atoms with van der Waals surface area (Å²) < 4.78 is 0. The quantitative estimate of drug-likeness (QED) is 0.702. The van der Waals surface area contributed by atoms with E-state index >= 15 is 0 Å². The molecule has 0 radical (unpaired) electrons. The van der Waals surface area contributed by atoms with Crippen molar-refractivity contribution < 1.29 is 14.7 Å². The van der Waals surface area contributed by atoms with Gasteiger partial charge in [-0.3, -0.25) is 9.59 Å². The molecule has 0 saturated heterocycles. The van der Waals surface area contributed by atoms with Crippen LogP contribution in [-0.2, 0) is 16.1 Å². The molecule has 5 nitrogen and oxygen atoms in total. The maximum Gasteiger partial charge on any atom is 0.309 e. The van der Waals surface area contributed by atoms with E-state index in [2.05, 4.69) is 10.6 Å². The average molecular weight is 347 g/mol. The third-order valence-electron chi connectivity index (χ3n) is 3.46. The highest BCUT2D eigenvalue weighted by Gasteiger charge is 2.13. The van der Waals surface area contributed by atoms with Gasteiger partial charge in [0.25, 0.3) is 0 Å². The highest BCUT2D eigenvalue weighted by molar-refractivity contribution is 6.35. The van der Waals surface area contributed by atoms with Crippen molar-refractivity contribution in [3.05, 3.63) is 70.7 Å². The van der Waals surface area contributed by atoms with E-state index in [1.165, 1.54) is 0 Å². The summed E-state index contributed by atoms with van der Waals surface area (Å²) in [6, 6.07) is 16.1. The van der Waals surface area contributed by atoms with E-state index < -0.39 is 17.9 Å². The van der Waals surface area contributed by atoms with Crippen molar-refractivity contribution in [2.45, 2.75) is 19.1 Å². The fourth-order valence-corrected chi connectivity index (χ4v) is 2.24. The largest absolute Gasteiger partial charge is 0.388 e. The van der Waals surface area contributed by atoms with Crippen molar-refractivity contribution in [2.24, 2.45) is 0 Å². The molecule has 2 aromatic carbocycles. The van der Waals surface area contributed by atoms with Gasteiger partial charge >= 0.3 is 11.8 Å². The van der Waals surface area contributed by atoms with E-state index in [0.717, 1.165) is 11.1 Å². The van der Waals surface area contributed by atoms with E-state index in [9.17, 15) is 14.7 Å². The second-order valence-electron chi connectivity index (χ2n) is 5.28. The number of hydrogen-bond acceptors (Lipinski definition) is 3. The van der Waals surface area contributed by atoms with E-state index in [-0.39, 0.29) is 13.1 Å². The predicted octanol–water partition coefficient (Wildman–Crippen LogP) is 2.20. The Hall–Kier alpha value is -2.37. The molecule has 126 valence electrons. The molecule has 0 aromatic heterocycles. The Kier molecular flexibility index (Phi) is 6.78. The topological polar surface area (TPSA) is 78.4 Å². The number of carbonyl (C=O) groups is 2. The lowest BCUT2D eigenvalue weighted by Gasteiger charge is -2.11. The van der Waals surface area contributed by atoms with Crippen LogP contribution in [0.15, 0.2) is 54.6 Å². The van der Waals surface area contributed by atoms with Gasteiger partial charge in [0.05, 0.1) is 6.10 Å². The molecule has 0 heterocycles. The van der Waals surface area contributed by atoms with Gasteiger partial charge < -0.3 is 15.7 Å². The fraction of sp³-hybridized carbons (Fsp3) is 0.222. The molecule has 2 rings (SSSR count). The van der Waals surface area contributed by atoms with Crippen LogP contribution in [0, 0.1) is 0 Å². The Morgan fingerprint density at radius 2 is 1.58 bits per heavy atom. The second kappa shape index (κ2) is 9.05. The number of amides is 2. The molecular weight excluding hydrogens is 328 g/mol. The van der Waals surface area contributed by atoms with Crippen LogP contribution in [0.2, 0.25) is 5.02 Å². The monoisotopic (exact) mass is 346 g/mol. The first-order valence-electron chi connectivity index (χ1n) is 7.60. The summed E-state index contributed by atoms with van der Waals surface area (Å²) in [5.41, 5.74) is 1.62. The summed E-state index contributed by atoms with van der Waals surface area (Å²) in [6.45, 7) is 0.458. The lowest BCUT2D eigenvalue weighted by molar-refractivity contribution is -0.139. The number of aliphatic hydroxyl groups excluding tert-OH is 1. The summed E-state index contributed by atoms with van der Waals surface area (Å²) in [5.74, 6) is -1.43. The first-order chi connectivity index (χ1) is 11.6. The summed E-state index contributed by atoms with van der Waals surface area (Å²) in [5, 5.41) is 15.6. The van der Waals surface area contributed by atoms with Crippen LogP contribution in [-0.4, -0.2) is 23.5 Å². The minimum atomic E-state index is -0.718. The SMILES string of the molecule is O=C(NCCC(O)c1ccccc1)C(=O)NCc1ccc(Cl)cc1. The van der Waals surface area contributed by atoms with Gasteiger partial charge in [-0.1, -0.05) is 54.1 Å². The van der Waals surface area contributed by atoms with Crippen molar-refractivity contribution in [2.75, 3.05) is 6.54 Å². The lowest BCUT2D eigenvalue weighted by atomic mass is 10.1. The summed E-state index contributed by atoms with van der Waals surface area (Å²) >= 11 is 5.78. The first kappa shape index (κ1) is 18.0. The smallest absolute Gasteiger partial charge is 0.309 e. The van der Waals surface area contributed by atoms with Gasteiger partial charge in [-0.2, -0.15) is 0 Å². The molecule has 0 fully saturated rings. The van der Waals surface area contributed by atoms with E-state index in [1.807, 2.05) is 30.3 Å². The molecular formula is C18H19ClN2O3. The van der Waals surface area contributed by atoms with Gasteiger partial charge in [0.15, 0.2) is 0 Å². The summed E-state index contributed by atoms with van der Waals surface area (Å²) in [7, 11) is 0. The van der Waals surface area contributed by atoms with Crippen LogP contribution in [0.5, 0.6) is 0 Å². The molecule has 0 aliphatic carbocycles. The number of rotatable bonds is 6. The Labute approximate surface area is 145 Å². The molecule has 0 aliphatic heterocycles. The zero-order valence-electron chi connectivity index (χ0n) is 13.0. The number of carbonyl (C=O) groups excluding carboxylic acids is 2. The Morgan fingerprint density at radius 1 is 0.958 bits per heavy atom. The molecule has 0 saturated carbocycles. The third kappa shape index (κ3) is 5.68. The molecule has 0 aliphatic rings. The number of aliphatic hydroxyl groups is 1. The zero-order chi connectivity index (χ0) is 17.4. The van der Waals surface area contributed by atoms with Crippen molar-refractivity contribution in [1.29, 1.82) is 0 Å². The molecule has 1 unspecified atom stereocenters. The molecule has 1 atom stereocenters. The number of hydrogen-bond donors (Lipinski definition) is 3. The summed E-state index contributed by atoms with van der Waals surface area (Å²) in [6.07, 6.45) is -0.344. The highest BCUT2D eigenvalue weighted by Crippen LogP contribution is 2.14. The fourth-order valence-electron chi connectivity index (χ4n) is 2.11. The van der Waals surface area contributed by atoms with Crippen LogP contribution in [0.3, 0.4) is 0 Å². The molecule has 2 aromatic rings. The zero-order valence-corrected chi connectivity index (χ0v) is 13.8. The van der Waals surface area contributed by atoms with Crippen molar-refractivity contribution in [3.8, 4) is 0 Å². The Bertz CT molecular complexity index is 674. The van der Waals surface area contributed by atoms with Crippen LogP contribution in [0.1, 0.15) is 23.7 Å². The lowest BCUT2D eigenvalue weighted by Crippen LogP contribution is -2.40. The van der Waals surface area contributed by atoms with Crippen molar-refractivity contribution in [1.82, 2.24) is 10.6 Å². The van der Waals surface area contributed by atoms with Crippen molar-refractivity contribution in [3.63, 3.8) is 0 Å². The number of benzene rings is 2. The van der Waals surface area contributed by atoms with Gasteiger partial charge in [-0.05, 0) is 29.7 Å². The molecule has 6 heteroatoms. The molecule has 24 heavy (non-hydrogen) atoms. The van der Waals surface area contributed by atoms with Gasteiger partial charge in [0, 0.05) is 18.1 Å². The Morgan fingerprint density at radius 3 is 2.25 bits per heavy atom. The molecule has 0 spiro atoms. The van der Waals surface area contributed by atoms with Crippen LogP contribution >= 0.6 is 11.6 Å². The normalized spacial score (nSPS) is 11.6. The van der Waals surface area contributed by atoms with E-state index in [4.69, 9.17) is 11.6 Å². The van der Waals surface area contributed by atoms with Gasteiger partial charge in [0.1, 0.15) is 0 Å². The Balaban J connectivity index is 1.70. The maximum atomic E-state index is 11.7. The predicted molar refractivity (Wildman–Crippen MR) is 92.3 cm³/mol. The molecule has 2 amide bonds. The minimum Gasteiger partial charge on any atom is -0.388 e. The van der Waals surface area contributed by atoms with Gasteiger partial charge in [0.2, 0.25) is 0 Å². The van der Waals surface area contributed by atoms with Gasteiger partial charge in [-0.15, -0.1) is 0 Å². The molecule has 0 bridgehead atoms. The van der Waals surface area contributed by atoms with Crippen molar-refractivity contribution >= 4 is 23.4 Å². The van der Waals surface area contributed by atoms with E-state index in [1.54, 1.807) is 24.3 Å². The van der Waals surface area contributed by atoms with E-state index in [0.29, 0.717) is 11.4 Å². The summed E-state index contributed by atoms with van der Waals surface area (Å²) in [4.78, 5) is 23.4. The second-order valence-corrected chi connectivity index (χ2v) is 5.72. The third-order valence-corrected chi connectivity index (χ3v) is 3.71. The number of halogens is 1. The van der Waals surface area contributed by atoms with Crippen LogP contribution < -0.4 is 10.6 Å². The van der Waals surface area contributed by atoms with Gasteiger partial charge in [-0.25, -0.2) is 0 Å².